The summed E-state index contributed by atoms with van der Waals surface area (Å²) in [7, 11) is 0. The van der Waals surface area contributed by atoms with Crippen LogP contribution in [0, 0.1) is 0 Å². The number of pyridine rings is 1. The monoisotopic (exact) mass is 387 g/mol. The summed E-state index contributed by atoms with van der Waals surface area (Å²) in [4.78, 5) is 16.9. The van der Waals surface area contributed by atoms with Crippen molar-refractivity contribution in [3.63, 3.8) is 0 Å². The predicted octanol–water partition coefficient (Wildman–Crippen LogP) is 1.85. The van der Waals surface area contributed by atoms with E-state index in [0.29, 0.717) is 18.6 Å². The van der Waals surface area contributed by atoms with E-state index in [0.717, 1.165) is 41.6 Å². The Morgan fingerprint density at radius 2 is 1.93 bits per heavy atom. The first kappa shape index (κ1) is 18.0. The summed E-state index contributed by atoms with van der Waals surface area (Å²) in [6.45, 7) is 4.33. The summed E-state index contributed by atoms with van der Waals surface area (Å²) < 4.78 is 2.60. The van der Waals surface area contributed by atoms with E-state index in [1.807, 2.05) is 24.3 Å². The second-order valence-electron chi connectivity index (χ2n) is 6.73. The molecule has 1 unspecified atom stereocenters. The molecule has 1 saturated heterocycles. The zero-order chi connectivity index (χ0) is 18.8. The Bertz CT molecular complexity index is 977. The molecule has 8 heteroatoms. The maximum atomic E-state index is 12.3. The summed E-state index contributed by atoms with van der Waals surface area (Å²) in [5, 5.41) is 15.4. The van der Waals surface area contributed by atoms with Crippen LogP contribution in [0.4, 0.5) is 5.69 Å². The highest BCUT2D eigenvalue weighted by molar-refractivity contribution is 6.30. The molecular weight excluding hydrogens is 366 g/mol. The van der Waals surface area contributed by atoms with Crippen molar-refractivity contribution in [2.45, 2.75) is 12.6 Å². The molecule has 1 aromatic carbocycles. The van der Waals surface area contributed by atoms with Crippen molar-refractivity contribution in [3.8, 4) is 0 Å². The fourth-order valence-electron chi connectivity index (χ4n) is 3.46. The van der Waals surface area contributed by atoms with Crippen molar-refractivity contribution in [2.24, 2.45) is 0 Å². The molecular formula is C19H22ClN5O2. The fourth-order valence-corrected chi connectivity index (χ4v) is 3.64. The van der Waals surface area contributed by atoms with Crippen LogP contribution in [0.5, 0.6) is 0 Å². The standard InChI is InChI=1S/C19H22ClN5O2/c20-15-4-3-5-16(14-15)23-12-10-22(11-13-23)9-7-18(26)25-19(27)24-8-2-1-6-17(24)21-25/h1-6,8,14,18,26H,7,9-13H2. The first-order valence-electron chi connectivity index (χ1n) is 9.09. The van der Waals surface area contributed by atoms with E-state index in [2.05, 4.69) is 21.0 Å². The number of piperazine rings is 1. The number of hydrogen-bond donors (Lipinski definition) is 1. The van der Waals surface area contributed by atoms with Crippen molar-refractivity contribution in [3.05, 3.63) is 64.2 Å². The van der Waals surface area contributed by atoms with E-state index in [1.54, 1.807) is 18.3 Å². The Morgan fingerprint density at radius 1 is 1.11 bits per heavy atom. The van der Waals surface area contributed by atoms with Crippen molar-refractivity contribution in [1.82, 2.24) is 19.1 Å². The lowest BCUT2D eigenvalue weighted by molar-refractivity contribution is 0.0638. The third kappa shape index (κ3) is 3.85. The molecule has 3 aromatic rings. The number of aliphatic hydroxyl groups is 1. The van der Waals surface area contributed by atoms with Gasteiger partial charge in [-0.2, -0.15) is 4.68 Å². The molecule has 1 aliphatic rings. The minimum absolute atomic E-state index is 0.316. The molecule has 0 saturated carbocycles. The van der Waals surface area contributed by atoms with E-state index >= 15 is 0 Å². The van der Waals surface area contributed by atoms with Crippen LogP contribution in [-0.2, 0) is 0 Å². The molecule has 0 aliphatic carbocycles. The maximum Gasteiger partial charge on any atom is 0.352 e. The number of rotatable bonds is 5. The van der Waals surface area contributed by atoms with Crippen LogP contribution in [0.3, 0.4) is 0 Å². The molecule has 3 heterocycles. The fraction of sp³-hybridized carbons (Fsp3) is 0.368. The van der Waals surface area contributed by atoms with Crippen LogP contribution in [0.2, 0.25) is 5.02 Å². The van der Waals surface area contributed by atoms with Gasteiger partial charge < -0.3 is 10.0 Å². The average Bonchev–Trinajstić information content (AvgIpc) is 3.04. The third-order valence-electron chi connectivity index (χ3n) is 4.98. The number of hydrogen-bond acceptors (Lipinski definition) is 5. The summed E-state index contributed by atoms with van der Waals surface area (Å²) in [5.41, 5.74) is 1.36. The molecule has 0 bridgehead atoms. The zero-order valence-electron chi connectivity index (χ0n) is 14.9. The van der Waals surface area contributed by atoms with Gasteiger partial charge in [0.15, 0.2) is 11.9 Å². The van der Waals surface area contributed by atoms with Gasteiger partial charge in [0.05, 0.1) is 0 Å². The van der Waals surface area contributed by atoms with Gasteiger partial charge in [0.1, 0.15) is 0 Å². The SMILES string of the molecule is O=c1n(C(O)CCN2CCN(c3cccc(Cl)c3)CC2)nc2ccccn12. The van der Waals surface area contributed by atoms with Crippen molar-refractivity contribution in [2.75, 3.05) is 37.6 Å². The highest BCUT2D eigenvalue weighted by Crippen LogP contribution is 2.21. The van der Waals surface area contributed by atoms with Crippen LogP contribution in [0.15, 0.2) is 53.5 Å². The van der Waals surface area contributed by atoms with Crippen molar-refractivity contribution in [1.29, 1.82) is 0 Å². The van der Waals surface area contributed by atoms with Gasteiger partial charge in [-0.3, -0.25) is 9.30 Å². The molecule has 0 radical (unpaired) electrons. The zero-order valence-corrected chi connectivity index (χ0v) is 15.7. The van der Waals surface area contributed by atoms with E-state index in [1.165, 1.54) is 4.40 Å². The lowest BCUT2D eigenvalue weighted by Crippen LogP contribution is -2.47. The highest BCUT2D eigenvalue weighted by Gasteiger charge is 2.20. The van der Waals surface area contributed by atoms with E-state index in [4.69, 9.17) is 11.6 Å². The molecule has 7 nitrogen and oxygen atoms in total. The normalized spacial score (nSPS) is 16.7. The van der Waals surface area contributed by atoms with Crippen LogP contribution >= 0.6 is 11.6 Å². The molecule has 4 rings (SSSR count). The number of aromatic nitrogens is 3. The van der Waals surface area contributed by atoms with Crippen LogP contribution < -0.4 is 10.6 Å². The number of nitrogens with zero attached hydrogens (tertiary/aromatic N) is 5. The molecule has 27 heavy (non-hydrogen) atoms. The van der Waals surface area contributed by atoms with E-state index in [-0.39, 0.29) is 5.69 Å². The van der Waals surface area contributed by atoms with E-state index < -0.39 is 6.23 Å². The van der Waals surface area contributed by atoms with Crippen molar-refractivity contribution >= 4 is 22.9 Å². The minimum Gasteiger partial charge on any atom is -0.371 e. The Labute approximate surface area is 162 Å². The molecule has 1 N–H and O–H groups in total. The maximum absolute atomic E-state index is 12.3. The van der Waals surface area contributed by atoms with Crippen LogP contribution in [-0.4, -0.2) is 56.9 Å². The first-order valence-corrected chi connectivity index (χ1v) is 9.46. The quantitative estimate of drug-likeness (QED) is 0.723. The summed E-state index contributed by atoms with van der Waals surface area (Å²) in [5.74, 6) is 0. The van der Waals surface area contributed by atoms with Gasteiger partial charge in [-0.05, 0) is 30.3 Å². The number of benzene rings is 1. The Kier molecular flexibility index (Phi) is 5.15. The topological polar surface area (TPSA) is 66.0 Å². The molecule has 2 aromatic heterocycles. The molecule has 1 atom stereocenters. The second-order valence-corrected chi connectivity index (χ2v) is 7.17. The summed E-state index contributed by atoms with van der Waals surface area (Å²) in [6, 6.07) is 13.2. The Hall–Kier alpha value is -2.35. The molecule has 142 valence electrons. The summed E-state index contributed by atoms with van der Waals surface area (Å²) >= 11 is 6.08. The molecule has 1 aliphatic heterocycles. The smallest absolute Gasteiger partial charge is 0.352 e. The number of fused-ring (bicyclic) bond motifs is 1. The first-order chi connectivity index (χ1) is 13.1. The van der Waals surface area contributed by atoms with Crippen molar-refractivity contribution < 1.29 is 5.11 Å². The van der Waals surface area contributed by atoms with Crippen LogP contribution in [0.25, 0.3) is 5.65 Å². The van der Waals surface area contributed by atoms with Gasteiger partial charge in [0.2, 0.25) is 0 Å². The highest BCUT2D eigenvalue weighted by atomic mass is 35.5. The van der Waals surface area contributed by atoms with Gasteiger partial charge >= 0.3 is 5.69 Å². The van der Waals surface area contributed by atoms with Gasteiger partial charge in [0, 0.05) is 56.1 Å². The van der Waals surface area contributed by atoms with E-state index in [9.17, 15) is 9.90 Å². The molecule has 0 spiro atoms. The molecule has 0 amide bonds. The largest absolute Gasteiger partial charge is 0.371 e. The lowest BCUT2D eigenvalue weighted by atomic mass is 10.2. The summed E-state index contributed by atoms with van der Waals surface area (Å²) in [6.07, 6.45) is 1.19. The Morgan fingerprint density at radius 3 is 2.67 bits per heavy atom. The van der Waals surface area contributed by atoms with Gasteiger partial charge in [-0.25, -0.2) is 4.79 Å². The van der Waals surface area contributed by atoms with Crippen LogP contribution in [0.1, 0.15) is 12.6 Å². The minimum atomic E-state index is -0.927. The average molecular weight is 388 g/mol. The lowest BCUT2D eigenvalue weighted by Gasteiger charge is -2.36. The number of anilines is 1. The van der Waals surface area contributed by atoms with Gasteiger partial charge in [-0.15, -0.1) is 5.10 Å². The third-order valence-corrected chi connectivity index (χ3v) is 5.22. The second kappa shape index (κ2) is 7.72. The predicted molar refractivity (Wildman–Crippen MR) is 105 cm³/mol. The Balaban J connectivity index is 1.33. The van der Waals surface area contributed by atoms with Gasteiger partial charge in [0.25, 0.3) is 0 Å². The molecule has 1 fully saturated rings. The number of halogens is 1. The number of aliphatic hydroxyl groups excluding tert-OH is 1. The van der Waals surface area contributed by atoms with Gasteiger partial charge in [-0.1, -0.05) is 23.7 Å².